The van der Waals surface area contributed by atoms with Crippen molar-refractivity contribution in [1.29, 1.82) is 0 Å². The summed E-state index contributed by atoms with van der Waals surface area (Å²) in [5.41, 5.74) is 3.53. The summed E-state index contributed by atoms with van der Waals surface area (Å²) in [6.45, 7) is 10.2. The fraction of sp³-hybridized carbons (Fsp3) is 0.333. The molecule has 17 heteroatoms. The Balaban J connectivity index is 1.46. The van der Waals surface area contributed by atoms with E-state index in [1.165, 1.54) is 36.2 Å². The van der Waals surface area contributed by atoms with Gasteiger partial charge in [-0.2, -0.15) is 0 Å². The summed E-state index contributed by atoms with van der Waals surface area (Å²) in [6, 6.07) is 21.1. The highest BCUT2D eigenvalue weighted by atomic mass is 32.2. The Kier molecular flexibility index (Phi) is 15.4. The summed E-state index contributed by atoms with van der Waals surface area (Å²) in [5, 5.41) is 26.8. The fourth-order valence-electron chi connectivity index (χ4n) is 8.13. The van der Waals surface area contributed by atoms with E-state index < -0.39 is 22.0 Å². The van der Waals surface area contributed by atoms with Crippen LogP contribution in [0.5, 0.6) is 0 Å². The van der Waals surface area contributed by atoms with E-state index in [4.69, 9.17) is 9.47 Å². The van der Waals surface area contributed by atoms with E-state index in [1.54, 1.807) is 70.5 Å². The third-order valence-electron chi connectivity index (χ3n) is 11.5. The number of carbonyl (C=O) groups is 4. The molecule has 340 valence electrons. The third kappa shape index (κ3) is 10.7. The number of piperazine rings is 2. The predicted molar refractivity (Wildman–Crippen MR) is 249 cm³/mol. The largest absolute Gasteiger partial charge is 0.453 e. The maximum atomic E-state index is 13.5. The standard InChI is InChI=1S/C48H52N6O10S/c1-31(2)35-11-7-9-13-37(35)43-33(17-21-41(55)49-23-27-51(28-24-49)47(57)63-5)15-19-39(45(43)53(59)60)65-40-20-16-34(18-22-42(56)50-25-29-52(30-26-50)48(58)64-6)44(46(40)54(61)62)38-14-10-8-12-36(38)32(3)4/h7-22,31-32H,23-30H2,1-6H3. The van der Waals surface area contributed by atoms with Crippen LogP contribution in [0.15, 0.2) is 94.7 Å². The smallest absolute Gasteiger partial charge is 0.409 e. The van der Waals surface area contributed by atoms with Crippen molar-refractivity contribution in [3.8, 4) is 22.3 Å². The van der Waals surface area contributed by atoms with Gasteiger partial charge in [-0.15, -0.1) is 0 Å². The van der Waals surface area contributed by atoms with Crippen molar-refractivity contribution < 1.29 is 38.5 Å². The molecule has 0 aromatic heterocycles. The van der Waals surface area contributed by atoms with Crippen molar-refractivity contribution in [1.82, 2.24) is 19.6 Å². The van der Waals surface area contributed by atoms with Crippen LogP contribution in [0.1, 0.15) is 61.8 Å². The van der Waals surface area contributed by atoms with Crippen molar-refractivity contribution in [3.05, 3.63) is 127 Å². The van der Waals surface area contributed by atoms with E-state index in [1.807, 2.05) is 52.0 Å². The SMILES string of the molecule is COC(=O)N1CCN(C(=O)C=Cc2ccc(Sc3ccc(C=CC(=O)N4CCN(C(=O)OC)CC4)c(-c4ccccc4C(C)C)c3[N+](=O)[O-])c([N+](=O)[O-])c2-c2ccccc2C(C)C)CC1. The zero-order valence-corrected chi connectivity index (χ0v) is 38.0. The average molecular weight is 905 g/mol. The number of amides is 4. The van der Waals surface area contributed by atoms with E-state index in [-0.39, 0.29) is 82.1 Å². The first-order chi connectivity index (χ1) is 31.1. The lowest BCUT2D eigenvalue weighted by molar-refractivity contribution is -0.387. The van der Waals surface area contributed by atoms with Gasteiger partial charge in [-0.1, -0.05) is 100 Å². The zero-order valence-electron chi connectivity index (χ0n) is 37.2. The highest BCUT2D eigenvalue weighted by Crippen LogP contribution is 2.50. The van der Waals surface area contributed by atoms with Gasteiger partial charge in [-0.05, 0) is 69.5 Å². The van der Waals surface area contributed by atoms with Gasteiger partial charge < -0.3 is 29.1 Å². The van der Waals surface area contributed by atoms with Gasteiger partial charge in [0.25, 0.3) is 11.4 Å². The predicted octanol–water partition coefficient (Wildman–Crippen LogP) is 9.08. The number of benzene rings is 4. The van der Waals surface area contributed by atoms with E-state index >= 15 is 0 Å². The number of ether oxygens (including phenoxy) is 2. The lowest BCUT2D eigenvalue weighted by atomic mass is 9.89. The van der Waals surface area contributed by atoms with Gasteiger partial charge in [0.15, 0.2) is 0 Å². The minimum absolute atomic E-state index is 0.0479. The molecule has 65 heavy (non-hydrogen) atoms. The number of hydrogen-bond acceptors (Lipinski definition) is 11. The second-order valence-corrected chi connectivity index (χ2v) is 17.2. The van der Waals surface area contributed by atoms with Crippen molar-refractivity contribution in [2.75, 3.05) is 66.6 Å². The molecule has 2 aliphatic heterocycles. The van der Waals surface area contributed by atoms with Gasteiger partial charge in [0.2, 0.25) is 11.8 Å². The van der Waals surface area contributed by atoms with Crippen molar-refractivity contribution in [3.63, 3.8) is 0 Å². The Morgan fingerprint density at radius 1 is 0.554 bits per heavy atom. The number of nitrogens with zero attached hydrogens (tertiary/aromatic N) is 6. The molecule has 6 rings (SSSR count). The molecule has 2 saturated heterocycles. The molecule has 2 heterocycles. The van der Waals surface area contributed by atoms with Gasteiger partial charge >= 0.3 is 12.2 Å². The van der Waals surface area contributed by atoms with Gasteiger partial charge in [0.1, 0.15) is 0 Å². The summed E-state index contributed by atoms with van der Waals surface area (Å²) >= 11 is 0.897. The second-order valence-electron chi connectivity index (χ2n) is 16.1. The van der Waals surface area contributed by atoms with Crippen molar-refractivity contribution in [2.24, 2.45) is 0 Å². The summed E-state index contributed by atoms with van der Waals surface area (Å²) in [5.74, 6) is -0.761. The Bertz CT molecular complexity index is 2370. The average Bonchev–Trinajstić information content (AvgIpc) is 3.31. The van der Waals surface area contributed by atoms with Gasteiger partial charge in [-0.25, -0.2) is 9.59 Å². The summed E-state index contributed by atoms with van der Waals surface area (Å²) in [4.78, 5) is 83.3. The molecular weight excluding hydrogens is 853 g/mol. The number of hydrogen-bond donors (Lipinski definition) is 0. The van der Waals surface area contributed by atoms with E-state index in [0.29, 0.717) is 48.4 Å². The van der Waals surface area contributed by atoms with Crippen LogP contribution in [0.4, 0.5) is 21.0 Å². The molecule has 0 unspecified atom stereocenters. The molecule has 0 spiro atoms. The molecule has 0 radical (unpaired) electrons. The van der Waals surface area contributed by atoms with Crippen molar-refractivity contribution >= 4 is 59.3 Å². The monoisotopic (exact) mass is 904 g/mol. The molecule has 4 aromatic carbocycles. The van der Waals surface area contributed by atoms with Gasteiger partial charge in [-0.3, -0.25) is 29.8 Å². The lowest BCUT2D eigenvalue weighted by Gasteiger charge is -2.33. The molecule has 0 atom stereocenters. The Morgan fingerprint density at radius 2 is 0.892 bits per heavy atom. The quantitative estimate of drug-likeness (QED) is 0.0750. The molecule has 0 N–H and O–H groups in total. The number of nitro benzene ring substituents is 2. The molecule has 4 amide bonds. The Morgan fingerprint density at radius 3 is 1.22 bits per heavy atom. The number of rotatable bonds is 12. The highest BCUT2D eigenvalue weighted by Gasteiger charge is 2.32. The molecule has 0 bridgehead atoms. The first-order valence-electron chi connectivity index (χ1n) is 21.2. The molecule has 0 saturated carbocycles. The van der Waals surface area contributed by atoms with Crippen LogP contribution in [-0.2, 0) is 19.1 Å². The maximum absolute atomic E-state index is 13.5. The lowest BCUT2D eigenvalue weighted by Crippen LogP contribution is -2.50. The molecule has 0 aliphatic carbocycles. The van der Waals surface area contributed by atoms with E-state index in [9.17, 15) is 39.4 Å². The van der Waals surface area contributed by atoms with Crippen LogP contribution < -0.4 is 0 Å². The molecule has 2 aliphatic rings. The minimum atomic E-state index is -0.492. The molecular formula is C48H52N6O10S. The summed E-state index contributed by atoms with van der Waals surface area (Å²) in [7, 11) is 2.60. The van der Waals surface area contributed by atoms with Crippen LogP contribution in [0.2, 0.25) is 0 Å². The Labute approximate surface area is 381 Å². The topological polar surface area (TPSA) is 186 Å². The Hall–Kier alpha value is -7.01. The van der Waals surface area contributed by atoms with Gasteiger partial charge in [0.05, 0.1) is 45.0 Å². The highest BCUT2D eigenvalue weighted by molar-refractivity contribution is 7.99. The number of methoxy groups -OCH3 is 2. The molecule has 4 aromatic rings. The summed E-state index contributed by atoms with van der Waals surface area (Å²) < 4.78 is 9.62. The first-order valence-corrected chi connectivity index (χ1v) is 22.1. The van der Waals surface area contributed by atoms with E-state index in [0.717, 1.165) is 22.9 Å². The van der Waals surface area contributed by atoms with E-state index in [2.05, 4.69) is 0 Å². The van der Waals surface area contributed by atoms with Crippen LogP contribution in [0.3, 0.4) is 0 Å². The van der Waals surface area contributed by atoms with Crippen LogP contribution >= 0.6 is 11.8 Å². The maximum Gasteiger partial charge on any atom is 0.409 e. The normalized spacial score (nSPS) is 14.4. The molecule has 16 nitrogen and oxygen atoms in total. The third-order valence-corrected chi connectivity index (χ3v) is 12.6. The summed E-state index contributed by atoms with van der Waals surface area (Å²) in [6.07, 6.45) is 4.88. The first kappa shape index (κ1) is 47.5. The fourth-order valence-corrected chi connectivity index (χ4v) is 9.19. The van der Waals surface area contributed by atoms with Crippen LogP contribution in [0.25, 0.3) is 34.4 Å². The second kappa shape index (κ2) is 21.1. The minimum Gasteiger partial charge on any atom is -0.453 e. The molecule has 2 fully saturated rings. The van der Waals surface area contributed by atoms with Crippen LogP contribution in [0, 0.1) is 20.2 Å². The van der Waals surface area contributed by atoms with Crippen LogP contribution in [-0.4, -0.2) is 120 Å². The number of nitro groups is 2. The van der Waals surface area contributed by atoms with Crippen molar-refractivity contribution in [2.45, 2.75) is 49.3 Å². The van der Waals surface area contributed by atoms with Gasteiger partial charge in [0, 0.05) is 64.5 Å². The zero-order chi connectivity index (χ0) is 46.9. The number of carbonyl (C=O) groups excluding carboxylic acids is 4.